The predicted molar refractivity (Wildman–Crippen MR) is 82.7 cm³/mol. The maximum atomic E-state index is 6.09. The second-order valence-corrected chi connectivity index (χ2v) is 5.98. The smallest absolute Gasteiger partial charge is 0.249 e. The molecule has 2 aromatic rings. The van der Waals surface area contributed by atoms with Crippen LogP contribution in [0.2, 0.25) is 5.02 Å². The van der Waals surface area contributed by atoms with Gasteiger partial charge in [0.1, 0.15) is 0 Å². The molecule has 2 N–H and O–H groups in total. The topological polar surface area (TPSA) is 62.7 Å². The summed E-state index contributed by atoms with van der Waals surface area (Å²) in [5.74, 6) is 1.11. The first kappa shape index (κ1) is 14.5. The van der Waals surface area contributed by atoms with Gasteiger partial charge in [-0.25, -0.2) is 0 Å². The van der Waals surface area contributed by atoms with Crippen molar-refractivity contribution in [3.8, 4) is 0 Å². The molecule has 106 valence electrons. The Labute approximate surface area is 123 Å². The number of benzene rings is 1. The quantitative estimate of drug-likeness (QED) is 0.901. The second-order valence-electron chi connectivity index (χ2n) is 5.58. The SMILES string of the molecule is Cc1c(Cl)cccc1Nc1nncc(NC(C)(C)C)n1. The van der Waals surface area contributed by atoms with Crippen LogP contribution in [0.4, 0.5) is 17.5 Å². The summed E-state index contributed by atoms with van der Waals surface area (Å²) in [7, 11) is 0. The highest BCUT2D eigenvalue weighted by molar-refractivity contribution is 6.31. The van der Waals surface area contributed by atoms with Gasteiger partial charge in [-0.3, -0.25) is 0 Å². The van der Waals surface area contributed by atoms with Crippen LogP contribution in [0.5, 0.6) is 0 Å². The van der Waals surface area contributed by atoms with E-state index in [1.807, 2.05) is 25.1 Å². The van der Waals surface area contributed by atoms with Crippen molar-refractivity contribution in [2.24, 2.45) is 0 Å². The highest BCUT2D eigenvalue weighted by Crippen LogP contribution is 2.25. The maximum Gasteiger partial charge on any atom is 0.249 e. The summed E-state index contributed by atoms with van der Waals surface area (Å²) in [6.45, 7) is 8.12. The van der Waals surface area contributed by atoms with Gasteiger partial charge in [-0.15, -0.1) is 5.10 Å². The van der Waals surface area contributed by atoms with E-state index in [2.05, 4.69) is 46.6 Å². The molecule has 0 aliphatic rings. The number of hydrogen-bond acceptors (Lipinski definition) is 5. The Bertz CT molecular complexity index is 607. The Morgan fingerprint density at radius 2 is 1.95 bits per heavy atom. The first-order valence-corrected chi connectivity index (χ1v) is 6.73. The molecule has 5 nitrogen and oxygen atoms in total. The molecule has 0 fully saturated rings. The van der Waals surface area contributed by atoms with Gasteiger partial charge in [-0.2, -0.15) is 10.1 Å². The summed E-state index contributed by atoms with van der Waals surface area (Å²) >= 11 is 6.09. The lowest BCUT2D eigenvalue weighted by Gasteiger charge is -2.21. The molecule has 0 aliphatic heterocycles. The molecular weight excluding hydrogens is 274 g/mol. The number of hydrogen-bond donors (Lipinski definition) is 2. The standard InChI is InChI=1S/C14H18ClN5/c1-9-10(15)6-5-7-11(9)17-13-18-12(8-16-20-13)19-14(2,3)4/h5-8H,1-4H3,(H2,17,18,19,20). The summed E-state index contributed by atoms with van der Waals surface area (Å²) in [6.07, 6.45) is 1.60. The first-order chi connectivity index (χ1) is 9.35. The normalized spacial score (nSPS) is 11.2. The molecule has 0 saturated carbocycles. The van der Waals surface area contributed by atoms with E-state index in [-0.39, 0.29) is 5.54 Å². The van der Waals surface area contributed by atoms with E-state index in [1.54, 1.807) is 6.20 Å². The Hall–Kier alpha value is -1.88. The molecule has 1 heterocycles. The second kappa shape index (κ2) is 5.63. The average molecular weight is 292 g/mol. The predicted octanol–water partition coefficient (Wildman–Crippen LogP) is 3.79. The molecule has 0 unspecified atom stereocenters. The van der Waals surface area contributed by atoms with Gasteiger partial charge in [-0.05, 0) is 45.4 Å². The fourth-order valence-corrected chi connectivity index (χ4v) is 1.84. The molecule has 1 aromatic carbocycles. The Morgan fingerprint density at radius 1 is 1.20 bits per heavy atom. The lowest BCUT2D eigenvalue weighted by molar-refractivity contribution is 0.629. The number of nitrogens with zero attached hydrogens (tertiary/aromatic N) is 3. The van der Waals surface area contributed by atoms with Crippen molar-refractivity contribution < 1.29 is 0 Å². The van der Waals surface area contributed by atoms with Gasteiger partial charge in [0.15, 0.2) is 5.82 Å². The van der Waals surface area contributed by atoms with Crippen LogP contribution in [0, 0.1) is 6.92 Å². The van der Waals surface area contributed by atoms with Crippen LogP contribution < -0.4 is 10.6 Å². The largest absolute Gasteiger partial charge is 0.364 e. The molecule has 0 radical (unpaired) electrons. The van der Waals surface area contributed by atoms with E-state index in [9.17, 15) is 0 Å². The van der Waals surface area contributed by atoms with Crippen LogP contribution in [0.1, 0.15) is 26.3 Å². The van der Waals surface area contributed by atoms with Gasteiger partial charge < -0.3 is 10.6 Å². The highest BCUT2D eigenvalue weighted by atomic mass is 35.5. The molecular formula is C14H18ClN5. The zero-order valence-corrected chi connectivity index (χ0v) is 12.8. The third-order valence-corrected chi connectivity index (χ3v) is 2.99. The van der Waals surface area contributed by atoms with Gasteiger partial charge in [-0.1, -0.05) is 17.7 Å². The van der Waals surface area contributed by atoms with Crippen molar-refractivity contribution in [2.45, 2.75) is 33.2 Å². The summed E-state index contributed by atoms with van der Waals surface area (Å²) in [5, 5.41) is 15.0. The average Bonchev–Trinajstić information content (AvgIpc) is 2.33. The van der Waals surface area contributed by atoms with Crippen LogP contribution in [0.15, 0.2) is 24.4 Å². The summed E-state index contributed by atoms with van der Waals surface area (Å²) in [5.41, 5.74) is 1.73. The molecule has 0 saturated heterocycles. The Kier molecular flexibility index (Phi) is 4.09. The van der Waals surface area contributed by atoms with Gasteiger partial charge in [0.05, 0.1) is 6.20 Å². The van der Waals surface area contributed by atoms with Crippen LogP contribution >= 0.6 is 11.6 Å². The van der Waals surface area contributed by atoms with E-state index in [1.165, 1.54) is 0 Å². The van der Waals surface area contributed by atoms with Crippen molar-refractivity contribution in [2.75, 3.05) is 10.6 Å². The van der Waals surface area contributed by atoms with Crippen molar-refractivity contribution in [1.29, 1.82) is 0 Å². The van der Waals surface area contributed by atoms with Crippen molar-refractivity contribution in [3.63, 3.8) is 0 Å². The summed E-state index contributed by atoms with van der Waals surface area (Å²) in [4.78, 5) is 4.39. The van der Waals surface area contributed by atoms with Gasteiger partial charge in [0, 0.05) is 16.2 Å². The minimum absolute atomic E-state index is 0.0841. The van der Waals surface area contributed by atoms with E-state index >= 15 is 0 Å². The number of halogens is 1. The molecule has 0 aliphatic carbocycles. The third-order valence-electron chi connectivity index (χ3n) is 2.58. The molecule has 0 bridgehead atoms. The fraction of sp³-hybridized carbons (Fsp3) is 0.357. The van der Waals surface area contributed by atoms with E-state index in [0.29, 0.717) is 16.8 Å². The number of nitrogens with one attached hydrogen (secondary N) is 2. The molecule has 20 heavy (non-hydrogen) atoms. The lowest BCUT2D eigenvalue weighted by Crippen LogP contribution is -2.27. The van der Waals surface area contributed by atoms with Crippen LogP contribution in [0.3, 0.4) is 0 Å². The van der Waals surface area contributed by atoms with E-state index < -0.39 is 0 Å². The van der Waals surface area contributed by atoms with Crippen LogP contribution in [-0.2, 0) is 0 Å². The van der Waals surface area contributed by atoms with Crippen molar-refractivity contribution in [3.05, 3.63) is 35.0 Å². The zero-order chi connectivity index (χ0) is 14.8. The monoisotopic (exact) mass is 291 g/mol. The zero-order valence-electron chi connectivity index (χ0n) is 12.0. The summed E-state index contributed by atoms with van der Waals surface area (Å²) in [6, 6.07) is 5.65. The van der Waals surface area contributed by atoms with Crippen molar-refractivity contribution in [1.82, 2.24) is 15.2 Å². The van der Waals surface area contributed by atoms with E-state index in [0.717, 1.165) is 11.3 Å². The van der Waals surface area contributed by atoms with Crippen LogP contribution in [0.25, 0.3) is 0 Å². The minimum atomic E-state index is -0.0841. The van der Waals surface area contributed by atoms with Crippen LogP contribution in [-0.4, -0.2) is 20.7 Å². The van der Waals surface area contributed by atoms with Gasteiger partial charge >= 0.3 is 0 Å². The summed E-state index contributed by atoms with van der Waals surface area (Å²) < 4.78 is 0. The third kappa shape index (κ3) is 3.81. The molecule has 0 atom stereocenters. The number of anilines is 3. The highest BCUT2D eigenvalue weighted by Gasteiger charge is 2.11. The molecule has 2 rings (SSSR count). The molecule has 6 heteroatoms. The molecule has 0 spiro atoms. The number of rotatable bonds is 3. The molecule has 1 aromatic heterocycles. The van der Waals surface area contributed by atoms with E-state index in [4.69, 9.17) is 11.6 Å². The molecule has 0 amide bonds. The Balaban J connectivity index is 2.22. The van der Waals surface area contributed by atoms with Gasteiger partial charge in [0.25, 0.3) is 0 Å². The van der Waals surface area contributed by atoms with Crippen molar-refractivity contribution >= 4 is 29.1 Å². The van der Waals surface area contributed by atoms with Gasteiger partial charge in [0.2, 0.25) is 5.95 Å². The number of aromatic nitrogens is 3. The lowest BCUT2D eigenvalue weighted by atomic mass is 10.1. The fourth-order valence-electron chi connectivity index (χ4n) is 1.66. The minimum Gasteiger partial charge on any atom is -0.364 e. The first-order valence-electron chi connectivity index (χ1n) is 6.35. The Morgan fingerprint density at radius 3 is 2.65 bits per heavy atom. The maximum absolute atomic E-state index is 6.09.